The van der Waals surface area contributed by atoms with Gasteiger partial charge in [-0.2, -0.15) is 18.6 Å². The molecule has 4 rings (SSSR count). The third-order valence-electron chi connectivity index (χ3n) is 6.31. The first-order valence-corrected chi connectivity index (χ1v) is 13.1. The van der Waals surface area contributed by atoms with Gasteiger partial charge in [0.1, 0.15) is 0 Å². The number of azo groups is 1. The van der Waals surface area contributed by atoms with Crippen molar-refractivity contribution >= 4 is 33.1 Å². The van der Waals surface area contributed by atoms with Crippen molar-refractivity contribution in [3.8, 4) is 0 Å². The van der Waals surface area contributed by atoms with E-state index < -0.39 is 22.0 Å². The lowest BCUT2D eigenvalue weighted by atomic mass is 9.82. The van der Waals surface area contributed by atoms with Crippen LogP contribution in [0.4, 0.5) is 11.4 Å². The van der Waals surface area contributed by atoms with Crippen LogP contribution in [0, 0.1) is 6.92 Å². The molecule has 1 amide bonds. The minimum atomic E-state index is -4.09. The summed E-state index contributed by atoms with van der Waals surface area (Å²) in [6.45, 7) is 8.34. The molecule has 9 heteroatoms. The van der Waals surface area contributed by atoms with Crippen molar-refractivity contribution in [3.05, 3.63) is 90.0 Å². The smallest absolute Gasteiger partial charge is 0.275 e. The predicted molar refractivity (Wildman–Crippen MR) is 141 cm³/mol. The number of hydrazine groups is 1. The number of para-hydroxylation sites is 1. The Kier molecular flexibility index (Phi) is 7.03. The number of nitrogens with one attached hydrogen (secondary N) is 1. The molecule has 0 saturated carbocycles. The largest absolute Gasteiger partial charge is 0.284 e. The minimum Gasteiger partial charge on any atom is -0.275 e. The molecule has 186 valence electrons. The molecule has 3 aromatic carbocycles. The van der Waals surface area contributed by atoms with Gasteiger partial charge in [0.25, 0.3) is 15.9 Å². The highest BCUT2D eigenvalue weighted by molar-refractivity contribution is 7.90. The minimum absolute atomic E-state index is 0.0258. The second-order valence-corrected chi connectivity index (χ2v) is 10.9. The number of hydrogen-bond acceptors (Lipinski definition) is 5. The molecular weight excluding hydrogens is 474 g/mol. The molecule has 1 aliphatic heterocycles. The molecule has 0 unspecified atom stereocenters. The number of aryl methyl sites for hydroxylation is 1. The molecule has 1 fully saturated rings. The number of amidine groups is 1. The van der Waals surface area contributed by atoms with Gasteiger partial charge in [0, 0.05) is 0 Å². The molecular formula is C27H29N5O3S. The molecule has 0 radical (unpaired) electrons. The molecule has 1 saturated heterocycles. The quantitative estimate of drug-likeness (QED) is 0.432. The molecule has 0 aromatic heterocycles. The van der Waals surface area contributed by atoms with Crippen LogP contribution in [0.3, 0.4) is 0 Å². The molecule has 0 aliphatic carbocycles. The van der Waals surface area contributed by atoms with E-state index in [-0.39, 0.29) is 16.1 Å². The standard InChI is InChI=1S/C27H29N5O3S/c1-5-27(3,4)20-13-15-21(16-14-20)28-29-24-25(30-32(26(24)33)22-9-7-6-8-10-22)31-36(34,35)23-17-11-19(2)12-18-23/h6-18,24H,5H2,1-4H3,(H,30,31)/t24-/m1/s1. The van der Waals surface area contributed by atoms with Crippen molar-refractivity contribution in [1.29, 1.82) is 0 Å². The van der Waals surface area contributed by atoms with E-state index in [1.54, 1.807) is 36.4 Å². The maximum atomic E-state index is 13.3. The Morgan fingerprint density at radius 2 is 1.58 bits per heavy atom. The fraction of sp³-hybridized carbons (Fsp3) is 0.259. The summed E-state index contributed by atoms with van der Waals surface area (Å²) in [5, 5.41) is 9.69. The van der Waals surface area contributed by atoms with Crippen LogP contribution >= 0.6 is 0 Å². The Balaban J connectivity index is 1.68. The summed E-state index contributed by atoms with van der Waals surface area (Å²) in [6, 6.07) is 21.6. The molecule has 8 nitrogen and oxygen atoms in total. The van der Waals surface area contributed by atoms with E-state index in [0.29, 0.717) is 11.4 Å². The fourth-order valence-electron chi connectivity index (χ4n) is 3.61. The van der Waals surface area contributed by atoms with E-state index in [1.165, 1.54) is 22.7 Å². The molecule has 1 N–H and O–H groups in total. The van der Waals surface area contributed by atoms with Crippen LogP contribution in [0.1, 0.15) is 38.3 Å². The van der Waals surface area contributed by atoms with Gasteiger partial charge in [-0.1, -0.05) is 68.8 Å². The summed E-state index contributed by atoms with van der Waals surface area (Å²) >= 11 is 0. The molecule has 3 aromatic rings. The average molecular weight is 504 g/mol. The van der Waals surface area contributed by atoms with Crippen molar-refractivity contribution in [1.82, 2.24) is 5.43 Å². The topological polar surface area (TPSA) is 104 Å². The maximum Gasteiger partial charge on any atom is 0.284 e. The Bertz CT molecular complexity index is 1400. The van der Waals surface area contributed by atoms with Gasteiger partial charge in [-0.25, -0.2) is 5.01 Å². The Hall–Kier alpha value is -3.85. The summed E-state index contributed by atoms with van der Waals surface area (Å²) in [6.07, 6.45) is 0.987. The highest BCUT2D eigenvalue weighted by Gasteiger charge is 2.40. The van der Waals surface area contributed by atoms with Gasteiger partial charge in [-0.3, -0.25) is 10.2 Å². The van der Waals surface area contributed by atoms with Crippen molar-refractivity contribution in [2.75, 3.05) is 5.01 Å². The van der Waals surface area contributed by atoms with Crippen LogP contribution in [-0.2, 0) is 20.2 Å². The Labute approximate surface area is 211 Å². The number of sulfonamides is 1. The first-order valence-electron chi connectivity index (χ1n) is 11.7. The van der Waals surface area contributed by atoms with Crippen LogP contribution in [-0.4, -0.2) is 26.2 Å². The van der Waals surface area contributed by atoms with Crippen molar-refractivity contribution in [3.63, 3.8) is 0 Å². The molecule has 1 atom stereocenters. The molecule has 0 spiro atoms. The lowest BCUT2D eigenvalue weighted by molar-refractivity contribution is -0.117. The van der Waals surface area contributed by atoms with Crippen molar-refractivity contribution in [2.45, 2.75) is 50.5 Å². The zero-order valence-electron chi connectivity index (χ0n) is 20.7. The van der Waals surface area contributed by atoms with E-state index in [2.05, 4.69) is 40.8 Å². The zero-order valence-corrected chi connectivity index (χ0v) is 21.5. The third kappa shape index (κ3) is 5.36. The van der Waals surface area contributed by atoms with Gasteiger partial charge in [0.05, 0.1) is 16.3 Å². The van der Waals surface area contributed by atoms with E-state index >= 15 is 0 Å². The maximum absolute atomic E-state index is 13.3. The average Bonchev–Trinajstić information content (AvgIpc) is 3.17. The number of anilines is 1. The fourth-order valence-corrected chi connectivity index (χ4v) is 4.60. The Morgan fingerprint density at radius 1 is 0.944 bits per heavy atom. The predicted octanol–water partition coefficient (Wildman–Crippen LogP) is 5.47. The van der Waals surface area contributed by atoms with Gasteiger partial charge in [-0.05, 0) is 60.7 Å². The van der Waals surface area contributed by atoms with Crippen LogP contribution < -0.4 is 10.4 Å². The van der Waals surface area contributed by atoms with Crippen molar-refractivity contribution < 1.29 is 13.2 Å². The number of carbonyl (C=O) groups is 1. The first-order chi connectivity index (χ1) is 17.1. The summed E-state index contributed by atoms with van der Waals surface area (Å²) in [5.74, 6) is -0.594. The van der Waals surface area contributed by atoms with Crippen LogP contribution in [0.15, 0.2) is 98.4 Å². The van der Waals surface area contributed by atoms with E-state index in [9.17, 15) is 13.2 Å². The van der Waals surface area contributed by atoms with Gasteiger partial charge in [-0.15, -0.1) is 4.40 Å². The van der Waals surface area contributed by atoms with Crippen LogP contribution in [0.2, 0.25) is 0 Å². The van der Waals surface area contributed by atoms with Gasteiger partial charge < -0.3 is 0 Å². The van der Waals surface area contributed by atoms with E-state index in [4.69, 9.17) is 0 Å². The second kappa shape index (κ2) is 10.0. The van der Waals surface area contributed by atoms with Crippen molar-refractivity contribution in [2.24, 2.45) is 14.6 Å². The van der Waals surface area contributed by atoms with Gasteiger partial charge >= 0.3 is 0 Å². The number of nitrogens with zero attached hydrogens (tertiary/aromatic N) is 4. The number of benzene rings is 3. The van der Waals surface area contributed by atoms with Crippen LogP contribution in [0.25, 0.3) is 0 Å². The molecule has 1 aliphatic rings. The number of hydrogen-bond donors (Lipinski definition) is 1. The molecule has 1 heterocycles. The molecule has 36 heavy (non-hydrogen) atoms. The second-order valence-electron chi connectivity index (χ2n) is 9.29. The highest BCUT2D eigenvalue weighted by atomic mass is 32.2. The monoisotopic (exact) mass is 503 g/mol. The highest BCUT2D eigenvalue weighted by Crippen LogP contribution is 2.29. The summed E-state index contributed by atoms with van der Waals surface area (Å²) in [4.78, 5) is 13.3. The lowest BCUT2D eigenvalue weighted by Gasteiger charge is -2.23. The summed E-state index contributed by atoms with van der Waals surface area (Å²) in [7, 11) is -4.09. The van der Waals surface area contributed by atoms with E-state index in [1.807, 2.05) is 37.3 Å². The number of rotatable bonds is 7. The van der Waals surface area contributed by atoms with Gasteiger partial charge in [0.2, 0.25) is 6.04 Å². The normalized spacial score (nSPS) is 17.7. The Morgan fingerprint density at radius 3 is 2.19 bits per heavy atom. The van der Waals surface area contributed by atoms with E-state index in [0.717, 1.165) is 12.0 Å². The summed E-state index contributed by atoms with van der Waals surface area (Å²) in [5.41, 5.74) is 6.03. The summed E-state index contributed by atoms with van der Waals surface area (Å²) < 4.78 is 29.9. The SMILES string of the molecule is CCC(C)(C)c1ccc(N=N[C@H]2C(=O)N(c3ccccc3)NC2=NS(=O)(=O)c2ccc(C)cc2)cc1. The van der Waals surface area contributed by atoms with Crippen LogP contribution in [0.5, 0.6) is 0 Å². The van der Waals surface area contributed by atoms with Gasteiger partial charge in [0.15, 0.2) is 5.84 Å². The molecule has 0 bridgehead atoms. The zero-order chi connectivity index (χ0) is 25.9. The first kappa shape index (κ1) is 25.2. The number of carbonyl (C=O) groups excluding carboxylic acids is 1. The third-order valence-corrected chi connectivity index (χ3v) is 7.62. The number of amides is 1. The lowest BCUT2D eigenvalue weighted by Crippen LogP contribution is -2.36.